The maximum atomic E-state index is 13.7. The van der Waals surface area contributed by atoms with Crippen molar-refractivity contribution in [3.8, 4) is 0 Å². The summed E-state index contributed by atoms with van der Waals surface area (Å²) in [7, 11) is 0. The van der Waals surface area contributed by atoms with Gasteiger partial charge in [-0.25, -0.2) is 14.0 Å². The van der Waals surface area contributed by atoms with Crippen molar-refractivity contribution >= 4 is 23.9 Å². The normalized spacial score (nSPS) is 15.9. The Hall–Kier alpha value is -4.02. The third-order valence-electron chi connectivity index (χ3n) is 6.23. The molecule has 0 spiro atoms. The number of alkyl carbamates (subject to hydrolysis) is 1. The number of carboxylic acid groups (broad SMARTS) is 1. The molecule has 1 saturated heterocycles. The Morgan fingerprint density at radius 3 is 2.51 bits per heavy atom. The van der Waals surface area contributed by atoms with Gasteiger partial charge in [-0.2, -0.15) is 0 Å². The third kappa shape index (κ3) is 8.76. The Balaban J connectivity index is 1.76. The number of aromatic nitrogens is 1. The lowest BCUT2D eigenvalue weighted by molar-refractivity contribution is -0.134. The number of nitrogens with zero attached hydrogens (tertiary/aromatic N) is 2. The molecular weight excluding hydrogens is 507 g/mol. The molecule has 1 fully saturated rings. The molecule has 10 nitrogen and oxygen atoms in total. The topological polar surface area (TPSA) is 138 Å². The van der Waals surface area contributed by atoms with Gasteiger partial charge in [0.25, 0.3) is 0 Å². The number of rotatable bonds is 10. The summed E-state index contributed by atoms with van der Waals surface area (Å²) in [6, 6.07) is 5.74. The molecule has 1 aliphatic rings. The zero-order chi connectivity index (χ0) is 28.6. The highest BCUT2D eigenvalue weighted by molar-refractivity contribution is 6.08. The van der Waals surface area contributed by atoms with Crippen molar-refractivity contribution in [3.63, 3.8) is 0 Å². The molecule has 0 saturated carbocycles. The SMILES string of the molecule is CC(C)(C)OC(=O)N[C@@H](CCCCNC(=O)O)C(=O)N1CCC[C@H]1c1cncc(C(=O)c2ccc(F)cc2)c1. The Labute approximate surface area is 226 Å². The van der Waals surface area contributed by atoms with Crippen LogP contribution < -0.4 is 10.6 Å². The molecule has 0 aliphatic carbocycles. The number of hydrogen-bond donors (Lipinski definition) is 3. The quantitative estimate of drug-likeness (QED) is 0.298. The van der Waals surface area contributed by atoms with E-state index in [1.54, 1.807) is 37.9 Å². The van der Waals surface area contributed by atoms with Crippen LogP contribution in [0, 0.1) is 5.82 Å². The van der Waals surface area contributed by atoms with E-state index in [9.17, 15) is 23.6 Å². The molecule has 1 aromatic heterocycles. The van der Waals surface area contributed by atoms with Gasteiger partial charge in [0.15, 0.2) is 5.78 Å². The number of ketones is 1. The van der Waals surface area contributed by atoms with Crippen LogP contribution in [0.1, 0.15) is 80.4 Å². The molecule has 1 aliphatic heterocycles. The minimum absolute atomic E-state index is 0.232. The van der Waals surface area contributed by atoms with Crippen LogP contribution in [0.4, 0.5) is 14.0 Å². The molecule has 0 bridgehead atoms. The van der Waals surface area contributed by atoms with Gasteiger partial charge in [0.1, 0.15) is 17.5 Å². The summed E-state index contributed by atoms with van der Waals surface area (Å²) in [5.41, 5.74) is 0.597. The number of carbonyl (C=O) groups is 4. The number of pyridine rings is 1. The van der Waals surface area contributed by atoms with Crippen molar-refractivity contribution in [3.05, 3.63) is 65.2 Å². The summed E-state index contributed by atoms with van der Waals surface area (Å²) in [6.07, 6.45) is 3.89. The van der Waals surface area contributed by atoms with Crippen LogP contribution in [0.15, 0.2) is 42.7 Å². The highest BCUT2D eigenvalue weighted by Crippen LogP contribution is 2.33. The average Bonchev–Trinajstić information content (AvgIpc) is 3.36. The fourth-order valence-electron chi connectivity index (χ4n) is 4.49. The predicted octanol–water partition coefficient (Wildman–Crippen LogP) is 4.45. The largest absolute Gasteiger partial charge is 0.465 e. The van der Waals surface area contributed by atoms with Crippen LogP contribution >= 0.6 is 0 Å². The van der Waals surface area contributed by atoms with Crippen molar-refractivity contribution in [2.45, 2.75) is 70.6 Å². The highest BCUT2D eigenvalue weighted by Gasteiger charge is 2.35. The number of ether oxygens (including phenoxy) is 1. The number of unbranched alkanes of at least 4 members (excludes halogenated alkanes) is 1. The second-order valence-electron chi connectivity index (χ2n) is 10.5. The van der Waals surface area contributed by atoms with Gasteiger partial charge in [-0.15, -0.1) is 0 Å². The second kappa shape index (κ2) is 13.2. The Bertz CT molecular complexity index is 1180. The predicted molar refractivity (Wildman–Crippen MR) is 141 cm³/mol. The number of likely N-dealkylation sites (tertiary alicyclic amines) is 1. The summed E-state index contributed by atoms with van der Waals surface area (Å²) >= 11 is 0. The number of carbonyl (C=O) groups excluding carboxylic acids is 3. The van der Waals surface area contributed by atoms with Crippen molar-refractivity contribution in [2.24, 2.45) is 0 Å². The lowest BCUT2D eigenvalue weighted by atomic mass is 9.99. The molecular formula is C28H35FN4O6. The Kier molecular flexibility index (Phi) is 9.97. The first kappa shape index (κ1) is 29.5. The molecule has 3 N–H and O–H groups in total. The van der Waals surface area contributed by atoms with E-state index in [0.717, 1.165) is 6.42 Å². The van der Waals surface area contributed by atoms with E-state index in [0.29, 0.717) is 48.9 Å². The van der Waals surface area contributed by atoms with Crippen LogP contribution in [0.3, 0.4) is 0 Å². The van der Waals surface area contributed by atoms with E-state index in [1.165, 1.54) is 30.5 Å². The van der Waals surface area contributed by atoms with Crippen LogP contribution in [-0.4, -0.2) is 63.6 Å². The van der Waals surface area contributed by atoms with Gasteiger partial charge < -0.3 is 25.4 Å². The Morgan fingerprint density at radius 2 is 1.85 bits per heavy atom. The third-order valence-corrected chi connectivity index (χ3v) is 6.23. The minimum Gasteiger partial charge on any atom is -0.465 e. The number of nitrogens with one attached hydrogen (secondary N) is 2. The van der Waals surface area contributed by atoms with E-state index in [2.05, 4.69) is 15.6 Å². The number of benzene rings is 1. The Morgan fingerprint density at radius 1 is 1.13 bits per heavy atom. The van der Waals surface area contributed by atoms with Crippen LogP contribution in [-0.2, 0) is 9.53 Å². The monoisotopic (exact) mass is 542 g/mol. The van der Waals surface area contributed by atoms with Gasteiger partial charge in [-0.3, -0.25) is 14.6 Å². The first-order valence-corrected chi connectivity index (χ1v) is 13.0. The lowest BCUT2D eigenvalue weighted by Gasteiger charge is -2.30. The summed E-state index contributed by atoms with van der Waals surface area (Å²) in [5, 5.41) is 13.7. The maximum absolute atomic E-state index is 13.7. The van der Waals surface area contributed by atoms with Gasteiger partial charge >= 0.3 is 12.2 Å². The fourth-order valence-corrected chi connectivity index (χ4v) is 4.49. The smallest absolute Gasteiger partial charge is 0.408 e. The van der Waals surface area contributed by atoms with Crippen molar-refractivity contribution in [2.75, 3.05) is 13.1 Å². The van der Waals surface area contributed by atoms with Crippen molar-refractivity contribution < 1.29 is 33.4 Å². The molecule has 11 heteroatoms. The van der Waals surface area contributed by atoms with Crippen molar-refractivity contribution in [1.29, 1.82) is 0 Å². The zero-order valence-electron chi connectivity index (χ0n) is 22.4. The molecule has 3 rings (SSSR count). The zero-order valence-corrected chi connectivity index (χ0v) is 22.4. The van der Waals surface area contributed by atoms with Gasteiger partial charge in [0.2, 0.25) is 5.91 Å². The molecule has 1 aromatic carbocycles. The first-order chi connectivity index (χ1) is 18.4. The molecule has 210 valence electrons. The minimum atomic E-state index is -1.12. The molecule has 3 amide bonds. The summed E-state index contributed by atoms with van der Waals surface area (Å²) in [5.74, 6) is -1.03. The summed E-state index contributed by atoms with van der Waals surface area (Å²) in [6.45, 7) is 5.88. The van der Waals surface area contributed by atoms with Gasteiger partial charge in [-0.1, -0.05) is 0 Å². The maximum Gasteiger partial charge on any atom is 0.408 e. The van der Waals surface area contributed by atoms with Crippen LogP contribution in [0.25, 0.3) is 0 Å². The van der Waals surface area contributed by atoms with E-state index in [-0.39, 0.29) is 24.3 Å². The fraction of sp³-hybridized carbons (Fsp3) is 0.464. The van der Waals surface area contributed by atoms with Gasteiger partial charge in [0, 0.05) is 36.6 Å². The second-order valence-corrected chi connectivity index (χ2v) is 10.5. The summed E-state index contributed by atoms with van der Waals surface area (Å²) < 4.78 is 18.7. The van der Waals surface area contributed by atoms with Crippen LogP contribution in [0.5, 0.6) is 0 Å². The van der Waals surface area contributed by atoms with Gasteiger partial charge in [-0.05, 0) is 88.8 Å². The van der Waals surface area contributed by atoms with Crippen LogP contribution in [0.2, 0.25) is 0 Å². The van der Waals surface area contributed by atoms with E-state index in [4.69, 9.17) is 9.84 Å². The van der Waals surface area contributed by atoms with E-state index >= 15 is 0 Å². The van der Waals surface area contributed by atoms with Gasteiger partial charge in [0.05, 0.1) is 6.04 Å². The molecule has 2 heterocycles. The molecule has 0 unspecified atom stereocenters. The standard InChI is InChI=1S/C28H35FN4O6/c1-28(2,3)39-27(38)32-22(7-4-5-13-31-26(36)37)25(35)33-14-6-8-23(33)19-15-20(17-30-16-19)24(34)18-9-11-21(29)12-10-18/h9-12,15-17,22-23,31H,4-8,13-14H2,1-3H3,(H,32,38)(H,36,37)/t22-,23-/m0/s1. The highest BCUT2D eigenvalue weighted by atomic mass is 19.1. The number of halogens is 1. The van der Waals surface area contributed by atoms with E-state index in [1.807, 2.05) is 0 Å². The van der Waals surface area contributed by atoms with E-state index < -0.39 is 29.6 Å². The molecule has 2 atom stereocenters. The molecule has 2 aromatic rings. The number of amides is 3. The molecule has 0 radical (unpaired) electrons. The van der Waals surface area contributed by atoms with Crippen molar-refractivity contribution in [1.82, 2.24) is 20.5 Å². The average molecular weight is 543 g/mol. The number of hydrogen-bond acceptors (Lipinski definition) is 6. The molecule has 39 heavy (non-hydrogen) atoms. The summed E-state index contributed by atoms with van der Waals surface area (Å²) in [4.78, 5) is 55.8. The lowest BCUT2D eigenvalue weighted by Crippen LogP contribution is -2.49. The first-order valence-electron chi connectivity index (χ1n) is 13.0.